The van der Waals surface area contributed by atoms with Gasteiger partial charge >= 0.3 is 6.03 Å². The van der Waals surface area contributed by atoms with Gasteiger partial charge in [0.2, 0.25) is 5.91 Å². The number of rotatable bonds is 3. The smallest absolute Gasteiger partial charge is 0.319 e. The van der Waals surface area contributed by atoms with Crippen LogP contribution in [0.25, 0.3) is 0 Å². The van der Waals surface area contributed by atoms with Gasteiger partial charge < -0.3 is 21.3 Å². The normalized spacial score (nSPS) is 13.4. The molecule has 1 aliphatic heterocycles. The van der Waals surface area contributed by atoms with Crippen LogP contribution in [-0.4, -0.2) is 30.5 Å². The van der Waals surface area contributed by atoms with Gasteiger partial charge in [0.25, 0.3) is 0 Å². The van der Waals surface area contributed by atoms with Crippen LogP contribution < -0.4 is 21.3 Å². The molecule has 0 bridgehead atoms. The Labute approximate surface area is 98.0 Å². The van der Waals surface area contributed by atoms with E-state index in [0.717, 1.165) is 0 Å². The zero-order valence-electron chi connectivity index (χ0n) is 9.33. The zero-order valence-corrected chi connectivity index (χ0v) is 9.33. The second-order valence-electron chi connectivity index (χ2n) is 3.58. The number of urea groups is 1. The van der Waals surface area contributed by atoms with Crippen molar-refractivity contribution in [1.82, 2.24) is 15.6 Å². The van der Waals surface area contributed by atoms with Gasteiger partial charge in [-0.25, -0.2) is 9.78 Å². The number of nitrogens with zero attached hydrogens (tertiary/aromatic N) is 1. The van der Waals surface area contributed by atoms with Gasteiger partial charge in [-0.05, 0) is 19.2 Å². The maximum absolute atomic E-state index is 11.3. The number of pyridine rings is 1. The lowest BCUT2D eigenvalue weighted by Crippen LogP contribution is -2.34. The monoisotopic (exact) mass is 235 g/mol. The highest BCUT2D eigenvalue weighted by Crippen LogP contribution is 2.18. The van der Waals surface area contributed by atoms with E-state index in [0.29, 0.717) is 23.7 Å². The Morgan fingerprint density at radius 3 is 3.12 bits per heavy atom. The predicted octanol–water partition coefficient (Wildman–Crippen LogP) is -0.125. The lowest BCUT2D eigenvalue weighted by molar-refractivity contribution is -0.115. The molecule has 7 nitrogen and oxygen atoms in total. The highest BCUT2D eigenvalue weighted by atomic mass is 16.2. The van der Waals surface area contributed by atoms with Crippen molar-refractivity contribution in [3.63, 3.8) is 0 Å². The van der Waals surface area contributed by atoms with Crippen LogP contribution in [0.1, 0.15) is 5.69 Å². The van der Waals surface area contributed by atoms with E-state index in [1.165, 1.54) is 0 Å². The van der Waals surface area contributed by atoms with E-state index in [1.54, 1.807) is 19.2 Å². The third-order valence-electron chi connectivity index (χ3n) is 2.24. The van der Waals surface area contributed by atoms with Crippen molar-refractivity contribution in [2.45, 2.75) is 6.54 Å². The van der Waals surface area contributed by atoms with Crippen molar-refractivity contribution < 1.29 is 9.59 Å². The van der Waals surface area contributed by atoms with Gasteiger partial charge in [0.1, 0.15) is 5.82 Å². The molecule has 0 saturated carbocycles. The number of hydrogen-bond donors (Lipinski definition) is 4. The van der Waals surface area contributed by atoms with Crippen LogP contribution in [0.4, 0.5) is 16.3 Å². The largest absolute Gasteiger partial charge is 0.332 e. The fourth-order valence-electron chi connectivity index (χ4n) is 1.50. The number of nitrogens with one attached hydrogen (secondary N) is 4. The first-order valence-corrected chi connectivity index (χ1v) is 5.18. The number of aromatic nitrogens is 1. The molecule has 0 spiro atoms. The first-order chi connectivity index (χ1) is 8.19. The van der Waals surface area contributed by atoms with Gasteiger partial charge in [-0.15, -0.1) is 0 Å². The molecule has 0 saturated heterocycles. The molecule has 0 radical (unpaired) electrons. The summed E-state index contributed by atoms with van der Waals surface area (Å²) in [5.41, 5.74) is 1.37. The molecule has 1 aromatic rings. The molecule has 17 heavy (non-hydrogen) atoms. The molecule has 7 heteroatoms. The minimum atomic E-state index is -0.244. The first-order valence-electron chi connectivity index (χ1n) is 5.18. The summed E-state index contributed by atoms with van der Waals surface area (Å²) in [7, 11) is 1.69. The third kappa shape index (κ3) is 2.70. The van der Waals surface area contributed by atoms with E-state index < -0.39 is 0 Å². The Hall–Kier alpha value is -2.15. The van der Waals surface area contributed by atoms with Crippen molar-refractivity contribution in [1.29, 1.82) is 0 Å². The molecule has 0 unspecified atom stereocenters. The van der Waals surface area contributed by atoms with E-state index in [-0.39, 0.29) is 18.5 Å². The summed E-state index contributed by atoms with van der Waals surface area (Å²) >= 11 is 0. The quantitative estimate of drug-likeness (QED) is 0.587. The average Bonchev–Trinajstić information content (AvgIpc) is 2.29. The van der Waals surface area contributed by atoms with Crippen molar-refractivity contribution in [3.8, 4) is 0 Å². The number of likely N-dealkylation sites (N-methyl/N-ethyl adjacent to an activating group) is 1. The molecular weight excluding hydrogens is 222 g/mol. The molecular formula is C10H13N5O2. The summed E-state index contributed by atoms with van der Waals surface area (Å²) in [4.78, 5) is 26.6. The molecule has 2 rings (SSSR count). The minimum absolute atomic E-state index is 0.159. The second-order valence-corrected chi connectivity index (χ2v) is 3.58. The molecule has 1 aliphatic rings. The third-order valence-corrected chi connectivity index (χ3v) is 2.24. The number of hydrogen-bond acceptors (Lipinski definition) is 4. The SMILES string of the molecule is CNCC(=O)Nc1ccc2c(n1)CNC(=O)N2. The van der Waals surface area contributed by atoms with E-state index in [1.807, 2.05) is 0 Å². The summed E-state index contributed by atoms with van der Waals surface area (Å²) in [6.07, 6.45) is 0. The van der Waals surface area contributed by atoms with Gasteiger partial charge in [0, 0.05) is 0 Å². The fourth-order valence-corrected chi connectivity index (χ4v) is 1.50. The van der Waals surface area contributed by atoms with Crippen molar-refractivity contribution in [2.75, 3.05) is 24.2 Å². The van der Waals surface area contributed by atoms with Gasteiger partial charge in [-0.1, -0.05) is 0 Å². The topological polar surface area (TPSA) is 95.2 Å². The highest BCUT2D eigenvalue weighted by Gasteiger charge is 2.15. The number of fused-ring (bicyclic) bond motifs is 1. The van der Waals surface area contributed by atoms with Crippen LogP contribution in [0.2, 0.25) is 0 Å². The molecule has 4 N–H and O–H groups in total. The molecule has 0 atom stereocenters. The molecule has 0 aliphatic carbocycles. The van der Waals surface area contributed by atoms with Gasteiger partial charge in [-0.2, -0.15) is 0 Å². The molecule has 3 amide bonds. The number of carbonyl (C=O) groups is 2. The maximum Gasteiger partial charge on any atom is 0.319 e. The number of amides is 3. The predicted molar refractivity (Wildman–Crippen MR) is 62.7 cm³/mol. The molecule has 1 aromatic heterocycles. The average molecular weight is 235 g/mol. The van der Waals surface area contributed by atoms with Crippen molar-refractivity contribution >= 4 is 23.4 Å². The standard InChI is InChI=1S/C10H13N5O2/c1-11-5-9(16)15-8-3-2-6-7(13-8)4-12-10(17)14-6/h2-3,11H,4-5H2,1H3,(H2,12,14,17)(H,13,15,16). The van der Waals surface area contributed by atoms with Gasteiger partial charge in [0.05, 0.1) is 24.5 Å². The van der Waals surface area contributed by atoms with E-state index in [2.05, 4.69) is 26.3 Å². The Kier molecular flexibility index (Phi) is 3.20. The molecule has 90 valence electrons. The maximum atomic E-state index is 11.3. The Balaban J connectivity index is 2.11. The Bertz CT molecular complexity index is 460. The highest BCUT2D eigenvalue weighted by molar-refractivity contribution is 5.93. The summed E-state index contributed by atoms with van der Waals surface area (Å²) in [6, 6.07) is 3.12. The summed E-state index contributed by atoms with van der Waals surface area (Å²) in [5, 5.41) is 10.6. The van der Waals surface area contributed by atoms with Crippen molar-refractivity contribution in [3.05, 3.63) is 17.8 Å². The molecule has 0 aromatic carbocycles. The minimum Gasteiger partial charge on any atom is -0.332 e. The van der Waals surface area contributed by atoms with Crippen LogP contribution >= 0.6 is 0 Å². The van der Waals surface area contributed by atoms with Crippen molar-refractivity contribution in [2.24, 2.45) is 0 Å². The van der Waals surface area contributed by atoms with Crippen LogP contribution in [-0.2, 0) is 11.3 Å². The second kappa shape index (κ2) is 4.79. The van der Waals surface area contributed by atoms with Crippen LogP contribution in [0.5, 0.6) is 0 Å². The Morgan fingerprint density at radius 2 is 2.35 bits per heavy atom. The van der Waals surface area contributed by atoms with E-state index >= 15 is 0 Å². The lowest BCUT2D eigenvalue weighted by atomic mass is 10.2. The number of carbonyl (C=O) groups excluding carboxylic acids is 2. The van der Waals surface area contributed by atoms with Crippen LogP contribution in [0.3, 0.4) is 0 Å². The summed E-state index contributed by atoms with van der Waals surface area (Å²) in [5.74, 6) is 0.315. The van der Waals surface area contributed by atoms with Crippen LogP contribution in [0.15, 0.2) is 12.1 Å². The van der Waals surface area contributed by atoms with Gasteiger partial charge in [0.15, 0.2) is 0 Å². The first kappa shape index (κ1) is 11.3. The van der Waals surface area contributed by atoms with E-state index in [9.17, 15) is 9.59 Å². The zero-order chi connectivity index (χ0) is 12.3. The van der Waals surface area contributed by atoms with Crippen LogP contribution in [0, 0.1) is 0 Å². The van der Waals surface area contributed by atoms with E-state index in [4.69, 9.17) is 0 Å². The number of anilines is 2. The van der Waals surface area contributed by atoms with Gasteiger partial charge in [-0.3, -0.25) is 4.79 Å². The fraction of sp³-hybridized carbons (Fsp3) is 0.300. The summed E-state index contributed by atoms with van der Waals surface area (Å²) < 4.78 is 0. The Morgan fingerprint density at radius 1 is 1.53 bits per heavy atom. The molecule has 2 heterocycles. The lowest BCUT2D eigenvalue weighted by Gasteiger charge is -2.17. The molecule has 0 fully saturated rings. The summed E-state index contributed by atoms with van der Waals surface area (Å²) in [6.45, 7) is 0.588.